The molecule has 1 aromatic rings. The zero-order valence-corrected chi connectivity index (χ0v) is 8.95. The molecular weight excluding hydrogens is 291 g/mol. The summed E-state index contributed by atoms with van der Waals surface area (Å²) in [6.07, 6.45) is 0. The zero-order chi connectivity index (χ0) is 8.97. The number of alkyl halides is 1. The second kappa shape index (κ2) is 4.90. The molecule has 0 fully saturated rings. The van der Waals surface area contributed by atoms with E-state index in [-0.39, 0.29) is 0 Å². The molecule has 0 saturated heterocycles. The lowest BCUT2D eigenvalue weighted by Gasteiger charge is -2.12. The van der Waals surface area contributed by atoms with E-state index in [4.69, 9.17) is 0 Å². The van der Waals surface area contributed by atoms with Crippen molar-refractivity contribution < 1.29 is 12.9 Å². The topological polar surface area (TPSA) is 49.4 Å². The molecule has 0 bridgehead atoms. The highest BCUT2D eigenvalue weighted by atomic mass is 127. The Hall–Kier alpha value is 0.0200. The molecule has 1 rings (SSSR count). The van der Waals surface area contributed by atoms with Crippen LogP contribution in [0.1, 0.15) is 9.67 Å². The van der Waals surface area contributed by atoms with Crippen LogP contribution in [0.4, 0.5) is 0 Å². The van der Waals surface area contributed by atoms with Crippen LogP contribution < -0.4 is 0 Å². The number of benzene rings is 1. The van der Waals surface area contributed by atoms with Crippen molar-refractivity contribution in [3.8, 4) is 0 Å². The number of hydrogen-bond donors (Lipinski definition) is 0. The number of hydrogen-bond acceptors (Lipinski definition) is 3. The van der Waals surface area contributed by atoms with Gasteiger partial charge in [0.2, 0.25) is 0 Å². The Labute approximate surface area is 86.8 Å². The Bertz CT molecular complexity index is 265. The van der Waals surface area contributed by atoms with Crippen molar-refractivity contribution in [3.05, 3.63) is 35.9 Å². The molecule has 0 heterocycles. The SMILES string of the molecule is O=S([O-])OC(I)c1ccccc1. The summed E-state index contributed by atoms with van der Waals surface area (Å²) >= 11 is -0.546. The summed E-state index contributed by atoms with van der Waals surface area (Å²) in [7, 11) is 0. The summed E-state index contributed by atoms with van der Waals surface area (Å²) < 4.78 is 24.4. The fraction of sp³-hybridized carbons (Fsp3) is 0.143. The largest absolute Gasteiger partial charge is 0.750 e. The summed E-state index contributed by atoms with van der Waals surface area (Å²) in [4.78, 5) is 0. The van der Waals surface area contributed by atoms with Crippen LogP contribution in [-0.4, -0.2) is 8.76 Å². The molecule has 0 spiro atoms. The second-order valence-corrected chi connectivity index (χ2v) is 3.76. The fourth-order valence-corrected chi connectivity index (χ4v) is 1.90. The Morgan fingerprint density at radius 3 is 2.50 bits per heavy atom. The van der Waals surface area contributed by atoms with Gasteiger partial charge in [-0.25, -0.2) is 4.21 Å². The first-order valence-electron chi connectivity index (χ1n) is 3.15. The first-order chi connectivity index (χ1) is 5.70. The van der Waals surface area contributed by atoms with Crippen molar-refractivity contribution in [2.75, 3.05) is 0 Å². The summed E-state index contributed by atoms with van der Waals surface area (Å²) in [6, 6.07) is 9.14. The molecule has 1 aromatic carbocycles. The Morgan fingerprint density at radius 1 is 1.42 bits per heavy atom. The molecule has 12 heavy (non-hydrogen) atoms. The average molecular weight is 297 g/mol. The van der Waals surface area contributed by atoms with Gasteiger partial charge in [0.05, 0.1) is 11.4 Å². The highest BCUT2D eigenvalue weighted by Crippen LogP contribution is 2.24. The molecule has 0 amide bonds. The summed E-state index contributed by atoms with van der Waals surface area (Å²) in [5.41, 5.74) is 0.835. The van der Waals surface area contributed by atoms with Crippen LogP contribution >= 0.6 is 22.6 Å². The van der Waals surface area contributed by atoms with E-state index < -0.39 is 15.5 Å². The molecular formula is C7H6IO3S-. The van der Waals surface area contributed by atoms with Gasteiger partial charge in [-0.05, 0) is 28.2 Å². The van der Waals surface area contributed by atoms with Crippen LogP contribution in [0.3, 0.4) is 0 Å². The maximum absolute atomic E-state index is 10.2. The predicted molar refractivity (Wildman–Crippen MR) is 53.2 cm³/mol. The smallest absolute Gasteiger partial charge is 0.149 e. The van der Waals surface area contributed by atoms with Gasteiger partial charge in [-0.3, -0.25) is 4.18 Å². The molecule has 3 nitrogen and oxygen atoms in total. The molecule has 2 atom stereocenters. The molecule has 66 valence electrons. The van der Waals surface area contributed by atoms with E-state index in [1.165, 1.54) is 0 Å². The van der Waals surface area contributed by atoms with Crippen molar-refractivity contribution in [2.45, 2.75) is 4.11 Å². The minimum Gasteiger partial charge on any atom is -0.750 e. The van der Waals surface area contributed by atoms with E-state index in [1.54, 1.807) is 0 Å². The van der Waals surface area contributed by atoms with E-state index in [1.807, 2.05) is 52.9 Å². The lowest BCUT2D eigenvalue weighted by molar-refractivity contribution is 0.294. The second-order valence-electron chi connectivity index (χ2n) is 2.03. The first kappa shape index (κ1) is 10.1. The van der Waals surface area contributed by atoms with Crippen molar-refractivity contribution in [1.29, 1.82) is 0 Å². The van der Waals surface area contributed by atoms with E-state index in [2.05, 4.69) is 4.18 Å². The summed E-state index contributed by atoms with van der Waals surface area (Å²) in [6.45, 7) is 0. The normalized spacial score (nSPS) is 15.5. The summed E-state index contributed by atoms with van der Waals surface area (Å²) in [5.74, 6) is 0. The van der Waals surface area contributed by atoms with E-state index >= 15 is 0 Å². The van der Waals surface area contributed by atoms with Gasteiger partial charge in [-0.1, -0.05) is 30.3 Å². The van der Waals surface area contributed by atoms with Crippen molar-refractivity contribution in [3.63, 3.8) is 0 Å². The third-order valence-corrected chi connectivity index (χ3v) is 2.89. The monoisotopic (exact) mass is 297 g/mol. The third kappa shape index (κ3) is 3.18. The molecule has 2 unspecified atom stereocenters. The van der Waals surface area contributed by atoms with E-state index in [0.717, 1.165) is 5.56 Å². The quantitative estimate of drug-likeness (QED) is 0.486. The van der Waals surface area contributed by atoms with Crippen LogP contribution in [0.5, 0.6) is 0 Å². The van der Waals surface area contributed by atoms with Crippen LogP contribution in [0.25, 0.3) is 0 Å². The molecule has 0 aromatic heterocycles. The van der Waals surface area contributed by atoms with Gasteiger partial charge in [-0.2, -0.15) is 0 Å². The van der Waals surface area contributed by atoms with Gasteiger partial charge in [-0.15, -0.1) is 0 Å². The highest BCUT2D eigenvalue weighted by molar-refractivity contribution is 14.1. The Balaban J connectivity index is 2.65. The number of halogens is 1. The average Bonchev–Trinajstić information content (AvgIpc) is 2.05. The van der Waals surface area contributed by atoms with Crippen molar-refractivity contribution in [1.82, 2.24) is 0 Å². The Morgan fingerprint density at radius 2 is 2.00 bits per heavy atom. The molecule has 0 radical (unpaired) electrons. The standard InChI is InChI=1S/C7H7IO3S/c8-7(11-12(9)10)6-4-2-1-3-5-6/h1-5,7H,(H,9,10)/p-1. The first-order valence-corrected chi connectivity index (χ1v) is 5.40. The van der Waals surface area contributed by atoms with Crippen LogP contribution in [0.2, 0.25) is 0 Å². The highest BCUT2D eigenvalue weighted by Gasteiger charge is 2.05. The van der Waals surface area contributed by atoms with Gasteiger partial charge < -0.3 is 4.55 Å². The molecule has 0 N–H and O–H groups in total. The minimum atomic E-state index is -2.45. The third-order valence-electron chi connectivity index (χ3n) is 1.22. The van der Waals surface area contributed by atoms with E-state index in [9.17, 15) is 8.76 Å². The molecule has 0 aliphatic heterocycles. The maximum atomic E-state index is 10.2. The van der Waals surface area contributed by atoms with E-state index in [0.29, 0.717) is 0 Å². The maximum Gasteiger partial charge on any atom is 0.149 e. The van der Waals surface area contributed by atoms with Crippen molar-refractivity contribution in [2.24, 2.45) is 0 Å². The fourth-order valence-electron chi connectivity index (χ4n) is 0.729. The van der Waals surface area contributed by atoms with Crippen LogP contribution in [-0.2, 0) is 15.5 Å². The van der Waals surface area contributed by atoms with Gasteiger partial charge in [0.15, 0.2) is 0 Å². The molecule has 0 aliphatic carbocycles. The Kier molecular flexibility index (Phi) is 4.13. The van der Waals surface area contributed by atoms with Gasteiger partial charge in [0.25, 0.3) is 0 Å². The van der Waals surface area contributed by atoms with Gasteiger partial charge >= 0.3 is 0 Å². The zero-order valence-electron chi connectivity index (χ0n) is 5.98. The molecule has 0 saturated carbocycles. The van der Waals surface area contributed by atoms with Gasteiger partial charge in [0, 0.05) is 0 Å². The predicted octanol–water partition coefficient (Wildman–Crippen LogP) is 1.93. The number of rotatable bonds is 3. The molecule has 5 heteroatoms. The lowest BCUT2D eigenvalue weighted by atomic mass is 10.2. The van der Waals surface area contributed by atoms with Crippen LogP contribution in [0.15, 0.2) is 30.3 Å². The minimum absolute atomic E-state index is 0.442. The molecule has 0 aliphatic rings. The lowest BCUT2D eigenvalue weighted by Crippen LogP contribution is -1.99. The van der Waals surface area contributed by atoms with Crippen LogP contribution in [0, 0.1) is 0 Å². The summed E-state index contributed by atoms with van der Waals surface area (Å²) in [5, 5.41) is 0. The van der Waals surface area contributed by atoms with Gasteiger partial charge in [0.1, 0.15) is 4.11 Å². The van der Waals surface area contributed by atoms with Crippen molar-refractivity contribution >= 4 is 34.0 Å².